The molecule has 3 amide bonds. The maximum atomic E-state index is 12.8. The summed E-state index contributed by atoms with van der Waals surface area (Å²) in [5.41, 5.74) is 2.88. The molecule has 3 aromatic heterocycles. The molecule has 1 aliphatic rings. The van der Waals surface area contributed by atoms with Crippen LogP contribution >= 0.6 is 11.6 Å². The van der Waals surface area contributed by atoms with Gasteiger partial charge in [-0.25, -0.2) is 15.0 Å². The number of anilines is 2. The summed E-state index contributed by atoms with van der Waals surface area (Å²) in [5, 5.41) is 8.54. The molecule has 0 spiro atoms. The van der Waals surface area contributed by atoms with Crippen molar-refractivity contribution in [3.05, 3.63) is 71.0 Å². The number of aromatic nitrogens is 4. The number of benzene rings is 1. The van der Waals surface area contributed by atoms with Crippen LogP contribution in [0.3, 0.4) is 0 Å². The monoisotopic (exact) mass is 477 g/mol. The van der Waals surface area contributed by atoms with Crippen molar-refractivity contribution in [3.8, 4) is 5.75 Å². The van der Waals surface area contributed by atoms with Crippen molar-refractivity contribution in [2.24, 2.45) is 0 Å². The number of aromatic amines is 1. The fourth-order valence-electron chi connectivity index (χ4n) is 3.42. The number of carbonyl (C=O) groups is 3. The number of rotatable bonds is 5. The lowest BCUT2D eigenvalue weighted by atomic mass is 10.1. The first-order chi connectivity index (χ1) is 16.5. The lowest BCUT2D eigenvalue weighted by Crippen LogP contribution is -2.26. The van der Waals surface area contributed by atoms with Gasteiger partial charge in [0.1, 0.15) is 22.7 Å². The Morgan fingerprint density at radius 1 is 1.12 bits per heavy atom. The summed E-state index contributed by atoms with van der Waals surface area (Å²) in [6, 6.07) is 8.32. The minimum Gasteiger partial charge on any atom is -0.482 e. The Kier molecular flexibility index (Phi) is 5.52. The smallest absolute Gasteiger partial charge is 0.272 e. The van der Waals surface area contributed by atoms with Crippen LogP contribution in [0.25, 0.3) is 11.0 Å². The third-order valence-electron chi connectivity index (χ3n) is 5.05. The zero-order valence-electron chi connectivity index (χ0n) is 17.4. The van der Waals surface area contributed by atoms with Gasteiger partial charge in [-0.15, -0.1) is 0 Å². The summed E-state index contributed by atoms with van der Waals surface area (Å²) in [4.78, 5) is 52.0. The Morgan fingerprint density at radius 2 is 2.00 bits per heavy atom. The number of hydrogen-bond donors (Lipinski definition) is 4. The predicted octanol–water partition coefficient (Wildman–Crippen LogP) is 2.52. The number of halogens is 1. The molecule has 170 valence electrons. The highest BCUT2D eigenvalue weighted by atomic mass is 35.5. The molecule has 12 heteroatoms. The highest BCUT2D eigenvalue weighted by Crippen LogP contribution is 2.28. The van der Waals surface area contributed by atoms with E-state index >= 15 is 0 Å². The summed E-state index contributed by atoms with van der Waals surface area (Å²) in [5.74, 6) is -0.508. The zero-order chi connectivity index (χ0) is 23.7. The standard InChI is InChI=1S/C22H16ClN7O4/c23-16-4-2-12(7-24-16)21(32)30-14-8-25-19-18(14)27-10-28-20(19)22(33)26-6-11-1-3-15-13(5-11)29-17(31)9-34-15/h1-5,7-8,10,25H,6,9H2,(H,26,33)(H,29,31)(H,30,32). The van der Waals surface area contributed by atoms with E-state index in [1.54, 1.807) is 24.3 Å². The molecule has 0 bridgehead atoms. The molecule has 4 aromatic rings. The van der Waals surface area contributed by atoms with Gasteiger partial charge in [0, 0.05) is 18.9 Å². The summed E-state index contributed by atoms with van der Waals surface area (Å²) in [6.45, 7) is 0.170. The Hall–Kier alpha value is -4.51. The third kappa shape index (κ3) is 4.24. The van der Waals surface area contributed by atoms with Gasteiger partial charge in [-0.1, -0.05) is 17.7 Å². The van der Waals surface area contributed by atoms with E-state index in [2.05, 4.69) is 35.9 Å². The maximum absolute atomic E-state index is 12.8. The Bertz CT molecular complexity index is 1440. The Morgan fingerprint density at radius 3 is 2.82 bits per heavy atom. The fraction of sp³-hybridized carbons (Fsp3) is 0.0909. The molecular formula is C22H16ClN7O4. The van der Waals surface area contributed by atoms with Crippen molar-refractivity contribution in [2.45, 2.75) is 6.54 Å². The molecule has 0 aliphatic carbocycles. The molecule has 0 unspecified atom stereocenters. The maximum Gasteiger partial charge on any atom is 0.272 e. The van der Waals surface area contributed by atoms with Crippen LogP contribution in [0.15, 0.2) is 49.1 Å². The van der Waals surface area contributed by atoms with Crippen molar-refractivity contribution in [3.63, 3.8) is 0 Å². The van der Waals surface area contributed by atoms with Crippen molar-refractivity contribution >= 4 is 51.7 Å². The summed E-state index contributed by atoms with van der Waals surface area (Å²) >= 11 is 5.76. The molecule has 0 saturated heterocycles. The van der Waals surface area contributed by atoms with Crippen molar-refractivity contribution in [1.29, 1.82) is 0 Å². The van der Waals surface area contributed by atoms with Gasteiger partial charge in [-0.3, -0.25) is 14.4 Å². The molecule has 0 fully saturated rings. The van der Waals surface area contributed by atoms with Crippen LogP contribution in [0.5, 0.6) is 5.75 Å². The summed E-state index contributed by atoms with van der Waals surface area (Å²) in [7, 11) is 0. The topological polar surface area (TPSA) is 151 Å². The van der Waals surface area contributed by atoms with Crippen molar-refractivity contribution in [1.82, 2.24) is 25.3 Å². The van der Waals surface area contributed by atoms with E-state index in [0.717, 1.165) is 5.56 Å². The lowest BCUT2D eigenvalue weighted by molar-refractivity contribution is -0.118. The number of H-pyrrole nitrogens is 1. The van der Waals surface area contributed by atoms with Crippen LogP contribution in [-0.4, -0.2) is 44.3 Å². The number of carbonyl (C=O) groups excluding carboxylic acids is 3. The van der Waals surface area contributed by atoms with Crippen LogP contribution < -0.4 is 20.7 Å². The summed E-state index contributed by atoms with van der Waals surface area (Å²) < 4.78 is 5.34. The second-order valence-electron chi connectivity index (χ2n) is 7.32. The first-order valence-electron chi connectivity index (χ1n) is 10.1. The molecular weight excluding hydrogens is 462 g/mol. The molecule has 5 rings (SSSR count). The average Bonchev–Trinajstić information content (AvgIpc) is 3.25. The van der Waals surface area contributed by atoms with Gasteiger partial charge < -0.3 is 25.7 Å². The van der Waals surface area contributed by atoms with Crippen molar-refractivity contribution in [2.75, 3.05) is 17.2 Å². The molecule has 4 heterocycles. The molecule has 0 radical (unpaired) electrons. The third-order valence-corrected chi connectivity index (χ3v) is 5.27. The quantitative estimate of drug-likeness (QED) is 0.322. The molecule has 1 aromatic carbocycles. The predicted molar refractivity (Wildman–Crippen MR) is 123 cm³/mol. The number of pyridine rings is 1. The van der Waals surface area contributed by atoms with Gasteiger partial charge >= 0.3 is 0 Å². The number of fused-ring (bicyclic) bond motifs is 2. The minimum absolute atomic E-state index is 0.0258. The number of ether oxygens (including phenoxy) is 1. The Balaban J connectivity index is 1.31. The molecule has 0 atom stereocenters. The molecule has 4 N–H and O–H groups in total. The van der Waals surface area contributed by atoms with Crippen LogP contribution in [0.2, 0.25) is 5.15 Å². The average molecular weight is 478 g/mol. The minimum atomic E-state index is -0.438. The van der Waals surface area contributed by atoms with E-state index in [1.807, 2.05) is 0 Å². The lowest BCUT2D eigenvalue weighted by Gasteiger charge is -2.18. The van der Waals surface area contributed by atoms with E-state index in [9.17, 15) is 14.4 Å². The first-order valence-corrected chi connectivity index (χ1v) is 10.4. The summed E-state index contributed by atoms with van der Waals surface area (Å²) in [6.07, 6.45) is 4.14. The number of nitrogens with zero attached hydrogens (tertiary/aromatic N) is 3. The van der Waals surface area contributed by atoms with Gasteiger partial charge in [-0.05, 0) is 29.8 Å². The molecule has 11 nitrogen and oxygen atoms in total. The van der Waals surface area contributed by atoms with Gasteiger partial charge in [0.2, 0.25) is 0 Å². The SMILES string of the molecule is O=C1COc2ccc(CNC(=O)c3ncnc4c(NC(=O)c5ccc(Cl)nc5)c[nH]c34)cc2N1. The van der Waals surface area contributed by atoms with E-state index in [0.29, 0.717) is 33.7 Å². The van der Waals surface area contributed by atoms with Crippen LogP contribution in [0.1, 0.15) is 26.4 Å². The van der Waals surface area contributed by atoms with Gasteiger partial charge in [0.15, 0.2) is 12.3 Å². The number of nitrogens with one attached hydrogen (secondary N) is 4. The van der Waals surface area contributed by atoms with Crippen molar-refractivity contribution < 1.29 is 19.1 Å². The highest BCUT2D eigenvalue weighted by molar-refractivity contribution is 6.29. The largest absolute Gasteiger partial charge is 0.482 e. The fourth-order valence-corrected chi connectivity index (χ4v) is 3.53. The molecule has 0 saturated carbocycles. The molecule has 1 aliphatic heterocycles. The van der Waals surface area contributed by atoms with Crippen LogP contribution in [0.4, 0.5) is 11.4 Å². The Labute approximate surface area is 196 Å². The van der Waals surface area contributed by atoms with Crippen LogP contribution in [0, 0.1) is 0 Å². The van der Waals surface area contributed by atoms with Gasteiger partial charge in [0.25, 0.3) is 17.7 Å². The second kappa shape index (κ2) is 8.79. The van der Waals surface area contributed by atoms with Gasteiger partial charge in [0.05, 0.1) is 22.5 Å². The van der Waals surface area contributed by atoms with E-state index in [1.165, 1.54) is 24.8 Å². The second-order valence-corrected chi connectivity index (χ2v) is 7.71. The molecule has 34 heavy (non-hydrogen) atoms. The van der Waals surface area contributed by atoms with Gasteiger partial charge in [-0.2, -0.15) is 0 Å². The van der Waals surface area contributed by atoms with E-state index < -0.39 is 11.8 Å². The zero-order valence-corrected chi connectivity index (χ0v) is 18.1. The first kappa shape index (κ1) is 21.3. The van der Waals surface area contributed by atoms with Crippen LogP contribution in [-0.2, 0) is 11.3 Å². The highest BCUT2D eigenvalue weighted by Gasteiger charge is 2.19. The van der Waals surface area contributed by atoms with E-state index in [-0.39, 0.29) is 29.9 Å². The van der Waals surface area contributed by atoms with E-state index in [4.69, 9.17) is 16.3 Å². The normalized spacial score (nSPS) is 12.4. The number of hydrogen-bond acceptors (Lipinski definition) is 7. The number of amides is 3.